The molecule has 4 nitrogen and oxygen atoms in total. The summed E-state index contributed by atoms with van der Waals surface area (Å²) in [5.74, 6) is 0. The largest absolute Gasteiger partial charge is 0.394 e. The third-order valence-electron chi connectivity index (χ3n) is 2.67. The van der Waals surface area contributed by atoms with Crippen LogP contribution in [0.2, 0.25) is 5.02 Å². The number of imidazole rings is 1. The van der Waals surface area contributed by atoms with Crippen LogP contribution in [0.25, 0.3) is 5.69 Å². The van der Waals surface area contributed by atoms with Crippen LogP contribution in [0.3, 0.4) is 0 Å². The van der Waals surface area contributed by atoms with Crippen LogP contribution in [0.5, 0.6) is 0 Å². The number of halogens is 1. The zero-order valence-electron chi connectivity index (χ0n) is 9.47. The van der Waals surface area contributed by atoms with Gasteiger partial charge in [0.25, 0.3) is 0 Å². The summed E-state index contributed by atoms with van der Waals surface area (Å²) in [6, 6.07) is 5.18. The molecule has 0 amide bonds. The molecule has 1 unspecified atom stereocenters. The van der Waals surface area contributed by atoms with Crippen molar-refractivity contribution in [3.63, 3.8) is 0 Å². The van der Waals surface area contributed by atoms with Crippen LogP contribution in [0.15, 0.2) is 30.7 Å². The van der Waals surface area contributed by atoms with Gasteiger partial charge in [0.2, 0.25) is 0 Å². The third kappa shape index (κ3) is 2.34. The van der Waals surface area contributed by atoms with E-state index < -0.39 is 6.04 Å². The van der Waals surface area contributed by atoms with Gasteiger partial charge < -0.3 is 15.4 Å². The Balaban J connectivity index is 2.53. The van der Waals surface area contributed by atoms with Gasteiger partial charge in [0, 0.05) is 5.02 Å². The average molecular weight is 252 g/mol. The van der Waals surface area contributed by atoms with Crippen LogP contribution in [0, 0.1) is 6.92 Å². The SMILES string of the molecule is Cc1ccc(Cl)cc1-n1cncc1C(N)CO. The van der Waals surface area contributed by atoms with Gasteiger partial charge in [-0.05, 0) is 24.6 Å². The first kappa shape index (κ1) is 12.1. The van der Waals surface area contributed by atoms with Crippen molar-refractivity contribution in [2.24, 2.45) is 5.73 Å². The molecule has 0 saturated heterocycles. The highest BCUT2D eigenvalue weighted by atomic mass is 35.5. The van der Waals surface area contributed by atoms with E-state index in [0.29, 0.717) is 5.02 Å². The first-order chi connectivity index (χ1) is 8.13. The number of rotatable bonds is 3. The maximum Gasteiger partial charge on any atom is 0.0994 e. The summed E-state index contributed by atoms with van der Waals surface area (Å²) in [6.45, 7) is 1.87. The van der Waals surface area contributed by atoms with E-state index in [2.05, 4.69) is 4.98 Å². The number of aryl methyl sites for hydroxylation is 1. The predicted octanol–water partition coefficient (Wildman–Crippen LogP) is 1.83. The number of hydrogen-bond donors (Lipinski definition) is 2. The minimum atomic E-state index is -0.448. The molecule has 3 N–H and O–H groups in total. The lowest BCUT2D eigenvalue weighted by molar-refractivity contribution is 0.265. The van der Waals surface area contributed by atoms with Gasteiger partial charge in [-0.2, -0.15) is 0 Å². The van der Waals surface area contributed by atoms with Gasteiger partial charge in [-0.1, -0.05) is 17.7 Å². The topological polar surface area (TPSA) is 64.1 Å². The van der Waals surface area contributed by atoms with Crippen molar-refractivity contribution >= 4 is 11.6 Å². The van der Waals surface area contributed by atoms with Gasteiger partial charge >= 0.3 is 0 Å². The Morgan fingerprint density at radius 1 is 1.53 bits per heavy atom. The fraction of sp³-hybridized carbons (Fsp3) is 0.250. The van der Waals surface area contributed by atoms with E-state index in [9.17, 15) is 0 Å². The second-order valence-corrected chi connectivity index (χ2v) is 4.34. The highest BCUT2D eigenvalue weighted by Crippen LogP contribution is 2.22. The Labute approximate surface area is 105 Å². The molecule has 0 saturated carbocycles. The molecule has 17 heavy (non-hydrogen) atoms. The molecule has 0 aliphatic rings. The molecule has 0 spiro atoms. The van der Waals surface area contributed by atoms with Crippen LogP contribution >= 0.6 is 11.6 Å². The van der Waals surface area contributed by atoms with E-state index in [1.54, 1.807) is 12.5 Å². The molecule has 5 heteroatoms. The number of aromatic nitrogens is 2. The second-order valence-electron chi connectivity index (χ2n) is 3.91. The zero-order valence-corrected chi connectivity index (χ0v) is 10.2. The van der Waals surface area contributed by atoms with Gasteiger partial charge in [-0.15, -0.1) is 0 Å². The van der Waals surface area contributed by atoms with Crippen molar-refractivity contribution in [2.45, 2.75) is 13.0 Å². The van der Waals surface area contributed by atoms with Crippen LogP contribution in [-0.4, -0.2) is 21.3 Å². The number of nitrogens with two attached hydrogens (primary N) is 1. The zero-order chi connectivity index (χ0) is 12.4. The number of benzene rings is 1. The van der Waals surface area contributed by atoms with Crippen molar-refractivity contribution in [3.8, 4) is 5.69 Å². The molecule has 1 heterocycles. The first-order valence-electron chi connectivity index (χ1n) is 5.28. The van der Waals surface area contributed by atoms with Gasteiger partial charge in [0.1, 0.15) is 0 Å². The van der Waals surface area contributed by atoms with Crippen molar-refractivity contribution in [1.82, 2.24) is 9.55 Å². The lowest BCUT2D eigenvalue weighted by Crippen LogP contribution is -2.18. The molecule has 1 aromatic heterocycles. The maximum atomic E-state index is 9.11. The molecule has 90 valence electrons. The van der Waals surface area contributed by atoms with Crippen molar-refractivity contribution < 1.29 is 5.11 Å². The van der Waals surface area contributed by atoms with E-state index in [-0.39, 0.29) is 6.61 Å². The predicted molar refractivity (Wildman–Crippen MR) is 67.3 cm³/mol. The standard InChI is InChI=1S/C12H14ClN3O/c1-8-2-3-9(13)4-11(8)16-7-15-5-12(16)10(14)6-17/h2-5,7,10,17H,6,14H2,1H3. The normalized spacial score (nSPS) is 12.7. The Kier molecular flexibility index (Phi) is 3.47. The molecule has 0 fully saturated rings. The third-order valence-corrected chi connectivity index (χ3v) is 2.91. The highest BCUT2D eigenvalue weighted by Gasteiger charge is 2.13. The summed E-state index contributed by atoms with van der Waals surface area (Å²) >= 11 is 5.99. The lowest BCUT2D eigenvalue weighted by atomic mass is 10.1. The Hall–Kier alpha value is -1.36. The minimum Gasteiger partial charge on any atom is -0.394 e. The molecule has 1 aromatic carbocycles. The Bertz CT molecular complexity index is 524. The summed E-state index contributed by atoms with van der Waals surface area (Å²) in [6.07, 6.45) is 3.32. The molecule has 0 aliphatic carbocycles. The number of hydrogen-bond acceptors (Lipinski definition) is 3. The molecule has 0 bridgehead atoms. The van der Waals surface area contributed by atoms with Crippen molar-refractivity contribution in [1.29, 1.82) is 0 Å². The molecule has 0 radical (unpaired) electrons. The fourth-order valence-corrected chi connectivity index (χ4v) is 1.88. The Morgan fingerprint density at radius 2 is 2.29 bits per heavy atom. The van der Waals surface area contributed by atoms with E-state index in [1.165, 1.54) is 0 Å². The minimum absolute atomic E-state index is 0.120. The van der Waals surface area contributed by atoms with Gasteiger partial charge in [-0.3, -0.25) is 0 Å². The summed E-state index contributed by atoms with van der Waals surface area (Å²) in [4.78, 5) is 4.07. The van der Waals surface area contributed by atoms with E-state index in [1.807, 2.05) is 29.7 Å². The van der Waals surface area contributed by atoms with E-state index in [0.717, 1.165) is 16.9 Å². The fourth-order valence-electron chi connectivity index (χ4n) is 1.72. The van der Waals surface area contributed by atoms with Crippen LogP contribution in [0.1, 0.15) is 17.3 Å². The monoisotopic (exact) mass is 251 g/mol. The molecule has 1 atom stereocenters. The lowest BCUT2D eigenvalue weighted by Gasteiger charge is -2.14. The summed E-state index contributed by atoms with van der Waals surface area (Å²) in [5, 5.41) is 9.77. The molecule has 0 aliphatic heterocycles. The molecule has 2 aromatic rings. The van der Waals surface area contributed by atoms with Crippen molar-refractivity contribution in [3.05, 3.63) is 47.0 Å². The number of aliphatic hydroxyl groups is 1. The highest BCUT2D eigenvalue weighted by molar-refractivity contribution is 6.30. The summed E-state index contributed by atoms with van der Waals surface area (Å²) in [5.41, 5.74) is 8.58. The van der Waals surface area contributed by atoms with Crippen LogP contribution in [-0.2, 0) is 0 Å². The smallest absolute Gasteiger partial charge is 0.0994 e. The number of aliphatic hydroxyl groups excluding tert-OH is 1. The Morgan fingerprint density at radius 3 is 3.00 bits per heavy atom. The number of nitrogens with zero attached hydrogens (tertiary/aromatic N) is 2. The van der Waals surface area contributed by atoms with E-state index >= 15 is 0 Å². The van der Waals surface area contributed by atoms with Gasteiger partial charge in [0.15, 0.2) is 0 Å². The molecular weight excluding hydrogens is 238 g/mol. The van der Waals surface area contributed by atoms with Crippen LogP contribution < -0.4 is 5.73 Å². The summed E-state index contributed by atoms with van der Waals surface area (Å²) in [7, 11) is 0. The van der Waals surface area contributed by atoms with Gasteiger partial charge in [0.05, 0.1) is 36.6 Å². The van der Waals surface area contributed by atoms with Crippen molar-refractivity contribution in [2.75, 3.05) is 6.61 Å². The maximum absolute atomic E-state index is 9.11. The molecule has 2 rings (SSSR count). The average Bonchev–Trinajstić information content (AvgIpc) is 2.80. The first-order valence-corrected chi connectivity index (χ1v) is 5.66. The summed E-state index contributed by atoms with van der Waals surface area (Å²) < 4.78 is 1.85. The quantitative estimate of drug-likeness (QED) is 0.875. The second kappa shape index (κ2) is 4.87. The van der Waals surface area contributed by atoms with Gasteiger partial charge in [-0.25, -0.2) is 4.98 Å². The van der Waals surface area contributed by atoms with E-state index in [4.69, 9.17) is 22.4 Å². The van der Waals surface area contributed by atoms with Crippen LogP contribution in [0.4, 0.5) is 0 Å². The molecular formula is C12H14ClN3O.